The van der Waals surface area contributed by atoms with E-state index >= 15 is 0 Å². The highest BCUT2D eigenvalue weighted by Gasteiger charge is 2.44. The Morgan fingerprint density at radius 3 is 0.988 bits per heavy atom. The van der Waals surface area contributed by atoms with Crippen molar-refractivity contribution < 1.29 is 39.8 Å². The molecule has 9 nitrogen and oxygen atoms in total. The summed E-state index contributed by atoms with van der Waals surface area (Å²) < 4.78 is 11.3. The van der Waals surface area contributed by atoms with E-state index in [1.165, 1.54) is 340 Å². The number of unbranched alkanes of at least 4 members (excludes halogenated alkanes) is 56. The molecule has 85 heavy (non-hydrogen) atoms. The van der Waals surface area contributed by atoms with E-state index in [-0.39, 0.29) is 12.5 Å². The molecule has 1 amide bonds. The molecule has 7 atom stereocenters. The zero-order chi connectivity index (χ0) is 61.4. The molecule has 6 N–H and O–H groups in total. The van der Waals surface area contributed by atoms with E-state index < -0.39 is 49.5 Å². The van der Waals surface area contributed by atoms with Gasteiger partial charge < -0.3 is 40.3 Å². The van der Waals surface area contributed by atoms with Gasteiger partial charge in [-0.3, -0.25) is 4.79 Å². The van der Waals surface area contributed by atoms with E-state index in [4.69, 9.17) is 9.47 Å². The largest absolute Gasteiger partial charge is 0.394 e. The molecule has 0 aliphatic carbocycles. The Labute approximate surface area is 528 Å². The van der Waals surface area contributed by atoms with Crippen LogP contribution >= 0.6 is 0 Å². The number of carbonyl (C=O) groups is 1. The molecule has 1 fully saturated rings. The second-order valence-corrected chi connectivity index (χ2v) is 26.8. The number of rotatable bonds is 68. The fraction of sp³-hybridized carbons (Fsp3) is 0.934. The highest BCUT2D eigenvalue weighted by atomic mass is 16.7. The topological polar surface area (TPSA) is 149 Å². The average Bonchev–Trinajstić information content (AvgIpc) is 3.70. The highest BCUT2D eigenvalue weighted by Crippen LogP contribution is 2.24. The van der Waals surface area contributed by atoms with Crippen molar-refractivity contribution in [2.75, 3.05) is 13.2 Å². The molecule has 9 heteroatoms. The molecule has 7 unspecified atom stereocenters. The van der Waals surface area contributed by atoms with Gasteiger partial charge in [0.05, 0.1) is 25.4 Å². The fourth-order valence-corrected chi connectivity index (χ4v) is 12.6. The van der Waals surface area contributed by atoms with Gasteiger partial charge in [0.2, 0.25) is 5.91 Å². The van der Waals surface area contributed by atoms with Crippen molar-refractivity contribution in [2.24, 2.45) is 0 Å². The van der Waals surface area contributed by atoms with Crippen molar-refractivity contribution in [1.29, 1.82) is 0 Å². The minimum atomic E-state index is -1.57. The minimum absolute atomic E-state index is 0.177. The van der Waals surface area contributed by atoms with Crippen molar-refractivity contribution in [3.63, 3.8) is 0 Å². The van der Waals surface area contributed by atoms with Crippen LogP contribution in [-0.4, -0.2) is 87.5 Å². The van der Waals surface area contributed by atoms with Crippen molar-refractivity contribution in [3.8, 4) is 0 Å². The first-order chi connectivity index (χ1) is 41.8. The van der Waals surface area contributed by atoms with E-state index in [0.29, 0.717) is 6.42 Å². The van der Waals surface area contributed by atoms with Gasteiger partial charge in [-0.1, -0.05) is 385 Å². The summed E-state index contributed by atoms with van der Waals surface area (Å²) in [5.41, 5.74) is 0. The van der Waals surface area contributed by atoms with E-state index in [9.17, 15) is 30.3 Å². The van der Waals surface area contributed by atoms with Crippen molar-refractivity contribution in [2.45, 2.75) is 442 Å². The van der Waals surface area contributed by atoms with Crippen LogP contribution in [0.15, 0.2) is 24.3 Å². The van der Waals surface area contributed by atoms with Crippen LogP contribution < -0.4 is 5.32 Å². The summed E-state index contributed by atoms with van der Waals surface area (Å²) in [6.07, 6.45) is 80.4. The van der Waals surface area contributed by atoms with Gasteiger partial charge in [0.25, 0.3) is 0 Å². The summed E-state index contributed by atoms with van der Waals surface area (Å²) in [5.74, 6) is -0.177. The van der Waals surface area contributed by atoms with Crippen molar-refractivity contribution in [1.82, 2.24) is 5.32 Å². The molecule has 0 bridgehead atoms. The maximum Gasteiger partial charge on any atom is 0.220 e. The van der Waals surface area contributed by atoms with Gasteiger partial charge in [0, 0.05) is 6.42 Å². The molecule has 0 aromatic rings. The number of hydrogen-bond donors (Lipinski definition) is 6. The third-order valence-corrected chi connectivity index (χ3v) is 18.5. The third kappa shape index (κ3) is 54.2. The first-order valence-corrected chi connectivity index (χ1v) is 38.1. The van der Waals surface area contributed by atoms with Crippen LogP contribution in [0.25, 0.3) is 0 Å². The Kier molecular flexibility index (Phi) is 63.1. The molecule has 504 valence electrons. The molecular formula is C76H147NO8. The second-order valence-electron chi connectivity index (χ2n) is 26.8. The number of aliphatic hydroxyl groups is 5. The number of nitrogens with one attached hydrogen (secondary N) is 1. The van der Waals surface area contributed by atoms with Gasteiger partial charge in [-0.15, -0.1) is 0 Å². The summed E-state index contributed by atoms with van der Waals surface area (Å²) in [6, 6.07) is -0.821. The van der Waals surface area contributed by atoms with Crippen LogP contribution in [0.3, 0.4) is 0 Å². The van der Waals surface area contributed by atoms with Crippen LogP contribution in [0, 0.1) is 0 Å². The van der Waals surface area contributed by atoms with E-state index in [0.717, 1.165) is 38.5 Å². The Morgan fingerprint density at radius 1 is 0.388 bits per heavy atom. The highest BCUT2D eigenvalue weighted by molar-refractivity contribution is 5.76. The normalized spacial score (nSPS) is 18.1. The summed E-state index contributed by atoms with van der Waals surface area (Å²) in [5, 5.41) is 54.8. The van der Waals surface area contributed by atoms with Gasteiger partial charge in [0.15, 0.2) is 6.29 Å². The fourth-order valence-electron chi connectivity index (χ4n) is 12.6. The summed E-state index contributed by atoms with van der Waals surface area (Å²) >= 11 is 0. The molecule has 1 heterocycles. The lowest BCUT2D eigenvalue weighted by molar-refractivity contribution is -0.302. The number of aliphatic hydroxyl groups excluding tert-OH is 5. The molecule has 0 aromatic heterocycles. The van der Waals surface area contributed by atoms with Crippen LogP contribution in [0.1, 0.15) is 399 Å². The molecule has 0 spiro atoms. The predicted octanol–water partition coefficient (Wildman–Crippen LogP) is 21.2. The van der Waals surface area contributed by atoms with Crippen LogP contribution in [-0.2, 0) is 14.3 Å². The predicted molar refractivity (Wildman–Crippen MR) is 364 cm³/mol. The van der Waals surface area contributed by atoms with E-state index in [1.54, 1.807) is 6.08 Å². The smallest absolute Gasteiger partial charge is 0.220 e. The van der Waals surface area contributed by atoms with E-state index in [2.05, 4.69) is 31.3 Å². The Bertz CT molecular complexity index is 1390. The zero-order valence-corrected chi connectivity index (χ0v) is 56.7. The molecule has 1 saturated heterocycles. The molecule has 1 aliphatic rings. The van der Waals surface area contributed by atoms with E-state index in [1.807, 2.05) is 6.08 Å². The lowest BCUT2D eigenvalue weighted by Gasteiger charge is -2.40. The number of allylic oxidation sites excluding steroid dienone is 3. The number of ether oxygens (including phenoxy) is 2. The first kappa shape index (κ1) is 81.7. The quantitative estimate of drug-likeness (QED) is 0.0261. The van der Waals surface area contributed by atoms with Gasteiger partial charge in [-0.25, -0.2) is 0 Å². The Morgan fingerprint density at radius 2 is 0.671 bits per heavy atom. The van der Waals surface area contributed by atoms with Gasteiger partial charge in [0.1, 0.15) is 24.4 Å². The summed E-state index contributed by atoms with van der Waals surface area (Å²) in [7, 11) is 0. The molecule has 0 saturated carbocycles. The number of amides is 1. The third-order valence-electron chi connectivity index (χ3n) is 18.5. The van der Waals surface area contributed by atoms with Gasteiger partial charge in [-0.05, 0) is 32.1 Å². The Hall–Kier alpha value is -1.33. The molecule has 0 radical (unpaired) electrons. The standard InChI is InChI=1S/C76H147NO8/c1-3-5-7-9-11-13-15-17-19-21-23-25-27-29-31-33-35-36-37-39-41-43-45-47-49-51-53-55-57-59-61-63-65-70(79)69(68-84-76-75(83)74(82)73(81)71(67-78)85-76)77-72(80)66-64-62-60-58-56-54-52-50-48-46-44-42-40-38-34-32-30-28-26-24-22-20-18-16-14-12-10-8-6-4-2/h55,57,63,65,69-71,73-76,78-79,81-83H,3-54,56,58-62,64,66-68H2,1-2H3,(H,77,80)/b57-55+,65-63+. The monoisotopic (exact) mass is 1200 g/mol. The molecule has 1 aliphatic heterocycles. The van der Waals surface area contributed by atoms with Crippen LogP contribution in [0.2, 0.25) is 0 Å². The van der Waals surface area contributed by atoms with Crippen LogP contribution in [0.4, 0.5) is 0 Å². The maximum absolute atomic E-state index is 13.1. The zero-order valence-electron chi connectivity index (χ0n) is 56.7. The maximum atomic E-state index is 13.1. The number of hydrogen-bond acceptors (Lipinski definition) is 8. The Balaban J connectivity index is 2.10. The summed E-state index contributed by atoms with van der Waals surface area (Å²) in [6.45, 7) is 3.83. The molecular weight excluding hydrogens is 1050 g/mol. The minimum Gasteiger partial charge on any atom is -0.394 e. The van der Waals surface area contributed by atoms with Crippen LogP contribution in [0.5, 0.6) is 0 Å². The molecule has 0 aromatic carbocycles. The van der Waals surface area contributed by atoms with Crippen molar-refractivity contribution in [3.05, 3.63) is 24.3 Å². The number of carbonyl (C=O) groups excluding carboxylic acids is 1. The second kappa shape index (κ2) is 65.6. The first-order valence-electron chi connectivity index (χ1n) is 38.1. The lowest BCUT2D eigenvalue weighted by Crippen LogP contribution is -2.60. The SMILES string of the molecule is CCCCCCCCCCCCCCCCCCCCCCCCCCCC/C=C/CC/C=C/C(O)C(COC1OC(CO)C(O)C(O)C1O)NC(=O)CCCCCCCCCCCCCCCCCCCCCCCCCCCCCCCC. The molecule has 1 rings (SSSR count). The lowest BCUT2D eigenvalue weighted by atomic mass is 9.99. The summed E-state index contributed by atoms with van der Waals surface area (Å²) in [4.78, 5) is 13.1. The van der Waals surface area contributed by atoms with Gasteiger partial charge in [-0.2, -0.15) is 0 Å². The van der Waals surface area contributed by atoms with Gasteiger partial charge >= 0.3 is 0 Å². The average molecular weight is 1200 g/mol. The van der Waals surface area contributed by atoms with Crippen molar-refractivity contribution >= 4 is 5.91 Å².